The maximum atomic E-state index is 17.1. The van der Waals surface area contributed by atoms with Gasteiger partial charge in [-0.2, -0.15) is 0 Å². The van der Waals surface area contributed by atoms with Gasteiger partial charge in [0.05, 0.1) is 12.2 Å². The molecule has 0 unspecified atom stereocenters. The summed E-state index contributed by atoms with van der Waals surface area (Å²) in [5.74, 6) is -2.68. The molecule has 176 valence electrons. The SMILES string of the molecule is CO[C@H]1C[C@H]2[C@@H]3CCC4=CC(=O)C=C[C@]4(C)[C@@]3(F)[C@@H](O)C[C@]2(C)[C@@]1(O)C(=O)COC(C)=O. The summed E-state index contributed by atoms with van der Waals surface area (Å²) in [6.45, 7) is 3.95. The highest BCUT2D eigenvalue weighted by Gasteiger charge is 2.76. The van der Waals surface area contributed by atoms with Crippen LogP contribution in [-0.4, -0.2) is 64.9 Å². The molecule has 32 heavy (non-hydrogen) atoms. The van der Waals surface area contributed by atoms with E-state index in [9.17, 15) is 24.6 Å². The van der Waals surface area contributed by atoms with Crippen LogP contribution < -0.4 is 0 Å². The van der Waals surface area contributed by atoms with E-state index in [1.54, 1.807) is 19.9 Å². The monoisotopic (exact) mass is 450 g/mol. The number of aliphatic hydroxyl groups excluding tert-OH is 1. The van der Waals surface area contributed by atoms with E-state index in [2.05, 4.69) is 0 Å². The number of aliphatic hydroxyl groups is 2. The number of allylic oxidation sites excluding steroid dienone is 4. The normalized spacial score (nSPS) is 47.2. The average Bonchev–Trinajstić information content (AvgIpc) is 2.95. The topological polar surface area (TPSA) is 110 Å². The predicted octanol–water partition coefficient (Wildman–Crippen LogP) is 1.85. The molecule has 3 fully saturated rings. The van der Waals surface area contributed by atoms with Crippen LogP contribution in [0, 0.1) is 22.7 Å². The first-order valence-corrected chi connectivity index (χ1v) is 11.1. The van der Waals surface area contributed by atoms with Crippen molar-refractivity contribution in [2.45, 2.75) is 69.9 Å². The molecule has 0 aromatic rings. The van der Waals surface area contributed by atoms with E-state index in [4.69, 9.17) is 9.47 Å². The number of carbonyl (C=O) groups excluding carboxylic acids is 3. The van der Waals surface area contributed by atoms with Gasteiger partial charge in [0, 0.05) is 30.8 Å². The third kappa shape index (κ3) is 2.72. The van der Waals surface area contributed by atoms with Crippen molar-refractivity contribution in [3.05, 3.63) is 23.8 Å². The molecule has 0 aromatic heterocycles. The Morgan fingerprint density at radius 2 is 1.97 bits per heavy atom. The number of hydrogen-bond acceptors (Lipinski definition) is 7. The van der Waals surface area contributed by atoms with Crippen LogP contribution in [0.1, 0.15) is 46.5 Å². The quantitative estimate of drug-likeness (QED) is 0.629. The van der Waals surface area contributed by atoms with E-state index in [0.29, 0.717) is 18.4 Å². The summed E-state index contributed by atoms with van der Waals surface area (Å²) < 4.78 is 27.5. The zero-order valence-electron chi connectivity index (χ0n) is 18.9. The molecule has 0 aromatic carbocycles. The largest absolute Gasteiger partial charge is 0.458 e. The smallest absolute Gasteiger partial charge is 0.303 e. The first-order valence-electron chi connectivity index (χ1n) is 11.1. The Bertz CT molecular complexity index is 927. The van der Waals surface area contributed by atoms with Crippen molar-refractivity contribution in [3.63, 3.8) is 0 Å². The second-order valence-corrected chi connectivity index (χ2v) is 10.2. The Kier molecular flexibility index (Phi) is 5.31. The van der Waals surface area contributed by atoms with Gasteiger partial charge < -0.3 is 19.7 Å². The Hall–Kier alpha value is -1.90. The van der Waals surface area contributed by atoms with E-state index in [-0.39, 0.29) is 18.6 Å². The zero-order valence-corrected chi connectivity index (χ0v) is 18.9. The Balaban J connectivity index is 1.78. The molecule has 0 radical (unpaired) electrons. The van der Waals surface area contributed by atoms with Crippen molar-refractivity contribution in [1.82, 2.24) is 0 Å². The van der Waals surface area contributed by atoms with Crippen molar-refractivity contribution in [3.8, 4) is 0 Å². The molecule has 0 heterocycles. The summed E-state index contributed by atoms with van der Waals surface area (Å²) >= 11 is 0. The molecule has 0 bridgehead atoms. The molecule has 8 atom stereocenters. The lowest BCUT2D eigenvalue weighted by Gasteiger charge is -2.62. The summed E-state index contributed by atoms with van der Waals surface area (Å²) in [5, 5.41) is 23.0. The Morgan fingerprint density at radius 3 is 2.59 bits per heavy atom. The fourth-order valence-corrected chi connectivity index (χ4v) is 7.24. The molecule has 3 saturated carbocycles. The molecule has 4 rings (SSSR count). The molecule has 0 amide bonds. The highest BCUT2D eigenvalue weighted by molar-refractivity contribution is 6.01. The molecule has 7 nitrogen and oxygen atoms in total. The van der Waals surface area contributed by atoms with Crippen LogP contribution in [0.15, 0.2) is 23.8 Å². The van der Waals surface area contributed by atoms with Crippen LogP contribution in [0.5, 0.6) is 0 Å². The molecule has 8 heteroatoms. The van der Waals surface area contributed by atoms with Crippen LogP contribution in [0.25, 0.3) is 0 Å². The van der Waals surface area contributed by atoms with Gasteiger partial charge in [-0.1, -0.05) is 18.6 Å². The summed E-state index contributed by atoms with van der Waals surface area (Å²) in [6, 6.07) is 0. The number of hydrogen-bond donors (Lipinski definition) is 2. The number of methoxy groups -OCH3 is 1. The lowest BCUT2D eigenvalue weighted by molar-refractivity contribution is -0.223. The van der Waals surface area contributed by atoms with E-state index in [1.165, 1.54) is 26.2 Å². The van der Waals surface area contributed by atoms with E-state index < -0.39 is 64.5 Å². The van der Waals surface area contributed by atoms with Gasteiger partial charge in [-0.25, -0.2) is 4.39 Å². The van der Waals surface area contributed by atoms with Crippen molar-refractivity contribution >= 4 is 17.5 Å². The van der Waals surface area contributed by atoms with Gasteiger partial charge in [-0.3, -0.25) is 14.4 Å². The van der Waals surface area contributed by atoms with Crippen LogP contribution in [0.3, 0.4) is 0 Å². The van der Waals surface area contributed by atoms with Crippen molar-refractivity contribution in [2.75, 3.05) is 13.7 Å². The number of halogens is 1. The fourth-order valence-electron chi connectivity index (χ4n) is 7.24. The number of alkyl halides is 1. The van der Waals surface area contributed by atoms with Gasteiger partial charge >= 0.3 is 5.97 Å². The Labute approximate surface area is 186 Å². The van der Waals surface area contributed by atoms with Gasteiger partial charge in [-0.15, -0.1) is 0 Å². The second kappa shape index (κ2) is 7.30. The molecule has 0 saturated heterocycles. The number of esters is 1. The lowest BCUT2D eigenvalue weighted by atomic mass is 9.44. The summed E-state index contributed by atoms with van der Waals surface area (Å²) in [4.78, 5) is 36.3. The minimum atomic E-state index is -2.07. The fraction of sp³-hybridized carbons (Fsp3) is 0.708. The van der Waals surface area contributed by atoms with Crippen LogP contribution in [0.2, 0.25) is 0 Å². The first-order chi connectivity index (χ1) is 14.9. The van der Waals surface area contributed by atoms with Crippen molar-refractivity contribution < 1.29 is 38.5 Å². The number of ether oxygens (including phenoxy) is 2. The number of rotatable bonds is 4. The highest BCUT2D eigenvalue weighted by Crippen LogP contribution is 2.70. The molecule has 4 aliphatic rings. The molecule has 0 aliphatic heterocycles. The number of Topliss-reactive ketones (excluding diaryl/α,β-unsaturated/α-hetero) is 1. The average molecular weight is 451 g/mol. The van der Waals surface area contributed by atoms with E-state index in [1.807, 2.05) is 0 Å². The third-order valence-corrected chi connectivity index (χ3v) is 8.95. The first kappa shape index (κ1) is 23.3. The van der Waals surface area contributed by atoms with Crippen molar-refractivity contribution in [1.29, 1.82) is 0 Å². The minimum absolute atomic E-state index is 0.169. The second-order valence-electron chi connectivity index (χ2n) is 10.2. The van der Waals surface area contributed by atoms with E-state index in [0.717, 1.165) is 0 Å². The number of fused-ring (bicyclic) bond motifs is 5. The predicted molar refractivity (Wildman–Crippen MR) is 111 cm³/mol. The summed E-state index contributed by atoms with van der Waals surface area (Å²) in [5.41, 5.74) is -5.79. The Morgan fingerprint density at radius 1 is 1.28 bits per heavy atom. The molecular weight excluding hydrogens is 419 g/mol. The zero-order chi connectivity index (χ0) is 23.7. The maximum absolute atomic E-state index is 17.1. The number of carbonyl (C=O) groups is 3. The number of ketones is 2. The molecule has 2 N–H and O–H groups in total. The summed E-state index contributed by atoms with van der Waals surface area (Å²) in [6.07, 6.45) is 2.88. The van der Waals surface area contributed by atoms with Crippen molar-refractivity contribution in [2.24, 2.45) is 22.7 Å². The highest BCUT2D eigenvalue weighted by atomic mass is 19.1. The van der Waals surface area contributed by atoms with Crippen LogP contribution in [0.4, 0.5) is 4.39 Å². The van der Waals surface area contributed by atoms with Gasteiger partial charge in [0.25, 0.3) is 0 Å². The molecule has 0 spiro atoms. The summed E-state index contributed by atoms with van der Waals surface area (Å²) in [7, 11) is 1.38. The molecular formula is C24H31FO7. The van der Waals surface area contributed by atoms with Gasteiger partial charge in [0.1, 0.15) is 0 Å². The van der Waals surface area contributed by atoms with Crippen LogP contribution in [-0.2, 0) is 23.9 Å². The molecule has 4 aliphatic carbocycles. The lowest BCUT2D eigenvalue weighted by Crippen LogP contribution is -2.69. The maximum Gasteiger partial charge on any atom is 0.303 e. The van der Waals surface area contributed by atoms with Gasteiger partial charge in [-0.05, 0) is 50.7 Å². The van der Waals surface area contributed by atoms with Gasteiger partial charge in [0.2, 0.25) is 5.78 Å². The standard InChI is InChI=1S/C24H31FO7/c1-13(26)32-12-19(29)24(30)20(31-4)10-17-16-6-5-14-9-15(27)7-8-21(14,2)23(16,25)18(28)11-22(17,24)3/h7-9,16-18,20,28,30H,5-6,10-12H2,1-4H3/t16-,17-,18-,20-,21-,22-,23-,24+/m0/s1. The van der Waals surface area contributed by atoms with Crippen LogP contribution >= 0.6 is 0 Å². The van der Waals surface area contributed by atoms with E-state index >= 15 is 4.39 Å². The van der Waals surface area contributed by atoms with Gasteiger partial charge in [0.15, 0.2) is 23.7 Å². The third-order valence-electron chi connectivity index (χ3n) is 8.95. The minimum Gasteiger partial charge on any atom is -0.458 e.